The smallest absolute Gasteiger partial charge is 0.314 e. The highest BCUT2D eigenvalue weighted by atomic mass is 19.4. The number of pyridine rings is 1. The van der Waals surface area contributed by atoms with Gasteiger partial charge in [0, 0.05) is 11.8 Å². The molecule has 0 spiro atoms. The number of alkyl halides is 3. The van der Waals surface area contributed by atoms with Crippen molar-refractivity contribution in [3.63, 3.8) is 0 Å². The normalized spacial score (nSPS) is 13.2. The third kappa shape index (κ3) is 2.63. The maximum Gasteiger partial charge on any atom is 0.406 e. The third-order valence-electron chi connectivity index (χ3n) is 2.14. The van der Waals surface area contributed by atoms with Crippen LogP contribution in [-0.4, -0.2) is 10.7 Å². The molecule has 0 N–H and O–H groups in total. The van der Waals surface area contributed by atoms with Crippen LogP contribution in [0.5, 0.6) is 0 Å². The Balaban J connectivity index is 3.02. The molecule has 0 fully saturated rings. The lowest BCUT2D eigenvalue weighted by molar-refractivity contribution is -0.162. The fourth-order valence-electron chi connectivity index (χ4n) is 1.21. The first-order chi connectivity index (χ1) is 7.36. The van der Waals surface area contributed by atoms with Gasteiger partial charge in [-0.2, -0.15) is 18.4 Å². The van der Waals surface area contributed by atoms with Crippen molar-refractivity contribution in [1.29, 1.82) is 5.26 Å². The summed E-state index contributed by atoms with van der Waals surface area (Å²) in [6.45, 7) is 0.842. The van der Waals surface area contributed by atoms with Gasteiger partial charge in [-0.05, 0) is 13.0 Å². The predicted octanol–water partition coefficient (Wildman–Crippen LogP) is 1.86. The predicted molar refractivity (Wildman–Crippen MR) is 50.6 cm³/mol. The lowest BCUT2D eigenvalue weighted by atomic mass is 10.1. The Hall–Kier alpha value is -1.77. The molecule has 1 atom stereocenters. The summed E-state index contributed by atoms with van der Waals surface area (Å²) in [6.07, 6.45) is -3.37. The molecule has 86 valence electrons. The summed E-state index contributed by atoms with van der Waals surface area (Å²) in [5.74, 6) is -2.16. The van der Waals surface area contributed by atoms with Gasteiger partial charge in [0.15, 0.2) is 5.92 Å². The van der Waals surface area contributed by atoms with Gasteiger partial charge in [0.25, 0.3) is 5.56 Å². The first-order valence-electron chi connectivity index (χ1n) is 4.48. The molecule has 0 saturated heterocycles. The van der Waals surface area contributed by atoms with Crippen LogP contribution in [0.2, 0.25) is 0 Å². The minimum atomic E-state index is -4.61. The van der Waals surface area contributed by atoms with Gasteiger partial charge in [-0.25, -0.2) is 0 Å². The van der Waals surface area contributed by atoms with Crippen LogP contribution in [0.25, 0.3) is 0 Å². The summed E-state index contributed by atoms with van der Waals surface area (Å²) < 4.78 is 37.8. The lowest BCUT2D eigenvalue weighted by Crippen LogP contribution is -2.31. The Morgan fingerprint density at radius 3 is 2.69 bits per heavy atom. The zero-order valence-corrected chi connectivity index (χ0v) is 8.45. The van der Waals surface area contributed by atoms with E-state index in [2.05, 4.69) is 0 Å². The maximum absolute atomic E-state index is 12.3. The highest BCUT2D eigenvalue weighted by Crippen LogP contribution is 2.26. The Bertz CT molecular complexity index is 470. The fraction of sp³-hybridized carbons (Fsp3) is 0.400. The highest BCUT2D eigenvalue weighted by Gasteiger charge is 2.40. The first-order valence-corrected chi connectivity index (χ1v) is 4.48. The fourth-order valence-corrected chi connectivity index (χ4v) is 1.21. The molecule has 1 aromatic rings. The number of halogens is 3. The van der Waals surface area contributed by atoms with Gasteiger partial charge in [0.2, 0.25) is 0 Å². The van der Waals surface area contributed by atoms with E-state index in [0.29, 0.717) is 5.56 Å². The van der Waals surface area contributed by atoms with E-state index in [4.69, 9.17) is 5.26 Å². The van der Waals surface area contributed by atoms with Crippen molar-refractivity contribution >= 4 is 0 Å². The second-order valence-electron chi connectivity index (χ2n) is 3.37. The molecular formula is C10H9F3N2O. The third-order valence-corrected chi connectivity index (χ3v) is 2.14. The molecule has 0 aromatic carbocycles. The maximum atomic E-state index is 12.3. The summed E-state index contributed by atoms with van der Waals surface area (Å²) >= 11 is 0. The molecule has 0 saturated carbocycles. The van der Waals surface area contributed by atoms with Gasteiger partial charge < -0.3 is 4.57 Å². The quantitative estimate of drug-likeness (QED) is 0.778. The average Bonchev–Trinajstić information content (AvgIpc) is 2.18. The van der Waals surface area contributed by atoms with Crippen LogP contribution in [-0.2, 0) is 6.54 Å². The van der Waals surface area contributed by atoms with Crippen LogP contribution in [0.3, 0.4) is 0 Å². The van der Waals surface area contributed by atoms with E-state index in [1.54, 1.807) is 0 Å². The summed E-state index contributed by atoms with van der Waals surface area (Å²) in [4.78, 5) is 11.4. The Kier molecular flexibility index (Phi) is 3.38. The first kappa shape index (κ1) is 12.3. The van der Waals surface area contributed by atoms with Crippen molar-refractivity contribution in [2.45, 2.75) is 19.6 Å². The number of nitriles is 1. The lowest BCUT2D eigenvalue weighted by Gasteiger charge is -2.14. The molecular weight excluding hydrogens is 221 g/mol. The number of hydrogen-bond acceptors (Lipinski definition) is 2. The number of hydrogen-bond donors (Lipinski definition) is 0. The van der Waals surface area contributed by atoms with E-state index in [1.165, 1.54) is 25.3 Å². The standard InChI is InChI=1S/C10H9F3N2O/c1-7-3-2-4-15(9(7)16)6-8(5-14)10(11,12)13/h2-4,8H,6H2,1H3. The minimum Gasteiger partial charge on any atom is -0.314 e. The second-order valence-corrected chi connectivity index (χ2v) is 3.37. The van der Waals surface area contributed by atoms with Gasteiger partial charge in [-0.1, -0.05) is 6.07 Å². The van der Waals surface area contributed by atoms with Gasteiger partial charge in [0.1, 0.15) is 0 Å². The SMILES string of the molecule is Cc1cccn(CC(C#N)C(F)(F)F)c1=O. The zero-order chi connectivity index (χ0) is 12.3. The van der Waals surface area contributed by atoms with Gasteiger partial charge in [-0.15, -0.1) is 0 Å². The van der Waals surface area contributed by atoms with Crippen LogP contribution in [0.15, 0.2) is 23.1 Å². The van der Waals surface area contributed by atoms with Crippen molar-refractivity contribution in [3.05, 3.63) is 34.2 Å². The van der Waals surface area contributed by atoms with Crippen molar-refractivity contribution in [1.82, 2.24) is 4.57 Å². The van der Waals surface area contributed by atoms with Crippen LogP contribution >= 0.6 is 0 Å². The summed E-state index contributed by atoms with van der Waals surface area (Å²) in [7, 11) is 0. The minimum absolute atomic E-state index is 0.348. The molecule has 1 aromatic heterocycles. The van der Waals surface area contributed by atoms with Gasteiger partial charge in [0.05, 0.1) is 12.6 Å². The van der Waals surface area contributed by atoms with Gasteiger partial charge in [-0.3, -0.25) is 4.79 Å². The monoisotopic (exact) mass is 230 g/mol. The number of nitrogens with zero attached hydrogens (tertiary/aromatic N) is 2. The Morgan fingerprint density at radius 2 is 2.19 bits per heavy atom. The second kappa shape index (κ2) is 4.39. The molecule has 0 radical (unpaired) electrons. The molecule has 0 bridgehead atoms. The van der Waals surface area contributed by atoms with E-state index in [-0.39, 0.29) is 0 Å². The van der Waals surface area contributed by atoms with E-state index < -0.39 is 24.2 Å². The topological polar surface area (TPSA) is 45.8 Å². The van der Waals surface area contributed by atoms with E-state index in [9.17, 15) is 18.0 Å². The Labute approximate surface area is 89.7 Å². The van der Waals surface area contributed by atoms with Crippen LogP contribution in [0.1, 0.15) is 5.56 Å². The summed E-state index contributed by atoms with van der Waals surface area (Å²) in [5, 5.41) is 8.40. The summed E-state index contributed by atoms with van der Waals surface area (Å²) in [6, 6.07) is 4.13. The molecule has 0 aliphatic rings. The number of aryl methyl sites for hydroxylation is 1. The van der Waals surface area contributed by atoms with Crippen LogP contribution < -0.4 is 5.56 Å². The molecule has 1 unspecified atom stereocenters. The Morgan fingerprint density at radius 1 is 1.56 bits per heavy atom. The average molecular weight is 230 g/mol. The highest BCUT2D eigenvalue weighted by molar-refractivity contribution is 5.08. The molecule has 0 aliphatic carbocycles. The van der Waals surface area contributed by atoms with E-state index in [1.807, 2.05) is 0 Å². The molecule has 16 heavy (non-hydrogen) atoms. The van der Waals surface area contributed by atoms with Crippen molar-refractivity contribution in [2.24, 2.45) is 5.92 Å². The molecule has 6 heteroatoms. The number of rotatable bonds is 2. The molecule has 1 heterocycles. The van der Waals surface area contributed by atoms with Crippen molar-refractivity contribution in [3.8, 4) is 6.07 Å². The van der Waals surface area contributed by atoms with E-state index in [0.717, 1.165) is 10.6 Å². The molecule has 0 aliphatic heterocycles. The molecule has 0 amide bonds. The van der Waals surface area contributed by atoms with Gasteiger partial charge >= 0.3 is 6.18 Å². The zero-order valence-electron chi connectivity index (χ0n) is 8.45. The van der Waals surface area contributed by atoms with Crippen molar-refractivity contribution < 1.29 is 13.2 Å². The van der Waals surface area contributed by atoms with Crippen molar-refractivity contribution in [2.75, 3.05) is 0 Å². The largest absolute Gasteiger partial charge is 0.406 e. The van der Waals surface area contributed by atoms with E-state index >= 15 is 0 Å². The van der Waals surface area contributed by atoms with Crippen LogP contribution in [0, 0.1) is 24.2 Å². The van der Waals surface area contributed by atoms with Crippen LogP contribution in [0.4, 0.5) is 13.2 Å². The molecule has 1 rings (SSSR count). The molecule has 3 nitrogen and oxygen atoms in total. The number of aromatic nitrogens is 1. The summed E-state index contributed by atoms with van der Waals surface area (Å²) in [5.41, 5.74) is -0.159.